The second-order valence-corrected chi connectivity index (χ2v) is 25.7. The maximum Gasteiger partial charge on any atom is 0.416 e. The first-order chi connectivity index (χ1) is 44.0. The third kappa shape index (κ3) is 18.0. The van der Waals surface area contributed by atoms with Gasteiger partial charge in [0.25, 0.3) is 0 Å². The first-order valence-corrected chi connectivity index (χ1v) is 30.4. The number of halogens is 24. The van der Waals surface area contributed by atoms with E-state index in [4.69, 9.17) is 9.73 Å². The molecule has 515 valence electrons. The first-order valence-electron chi connectivity index (χ1n) is 28.3. The molecule has 0 fully saturated rings. The second kappa shape index (κ2) is 29.2. The Labute approximate surface area is 550 Å². The summed E-state index contributed by atoms with van der Waals surface area (Å²) in [5.74, 6) is 1.29. The molecular weight excluding hydrogens is 1540 g/mol. The number of benzene rings is 7. The number of allylic oxidation sites excluding steroid dienone is 4. The zero-order valence-corrected chi connectivity index (χ0v) is 53.3. The van der Waals surface area contributed by atoms with Gasteiger partial charge in [-0.05, 0) is 80.5 Å². The van der Waals surface area contributed by atoms with Crippen LogP contribution in [0.4, 0.5) is 105 Å². The summed E-state index contributed by atoms with van der Waals surface area (Å²) >= 11 is 1.89. The third-order valence-corrected chi connectivity index (χ3v) is 19.3. The number of thiophene rings is 1. The third-order valence-electron chi connectivity index (χ3n) is 15.2. The van der Waals surface area contributed by atoms with Crippen LogP contribution in [0.5, 0.6) is 0 Å². The summed E-state index contributed by atoms with van der Waals surface area (Å²) in [6.45, 7) is 5.10. The molecule has 1 radical (unpaired) electrons. The Hall–Kier alpha value is -7.09. The van der Waals surface area contributed by atoms with Crippen molar-refractivity contribution < 1.29 is 130 Å². The number of rotatable bonds is 9. The van der Waals surface area contributed by atoms with Gasteiger partial charge in [-0.25, -0.2) is 4.99 Å². The van der Waals surface area contributed by atoms with E-state index in [2.05, 4.69) is 123 Å². The van der Waals surface area contributed by atoms with E-state index in [9.17, 15) is 105 Å². The van der Waals surface area contributed by atoms with Crippen LogP contribution >= 0.6 is 19.3 Å². The van der Waals surface area contributed by atoms with E-state index in [1.54, 1.807) is 0 Å². The quantitative estimate of drug-likeness (QED) is 0.0611. The van der Waals surface area contributed by atoms with Crippen molar-refractivity contribution in [2.75, 3.05) is 6.61 Å². The van der Waals surface area contributed by atoms with Crippen LogP contribution in [-0.4, -0.2) is 24.7 Å². The Kier molecular flexibility index (Phi) is 23.2. The zero-order valence-electron chi connectivity index (χ0n) is 49.2. The van der Waals surface area contributed by atoms with E-state index in [-0.39, 0.29) is 26.1 Å². The molecule has 96 heavy (non-hydrogen) atoms. The van der Waals surface area contributed by atoms with Crippen LogP contribution in [0.1, 0.15) is 89.6 Å². The molecule has 0 saturated heterocycles. The van der Waals surface area contributed by atoms with E-state index in [0.29, 0.717) is 12.5 Å². The molecule has 8 aromatic rings. The van der Waals surface area contributed by atoms with Crippen LogP contribution in [0, 0.1) is 5.92 Å². The van der Waals surface area contributed by atoms with Crippen molar-refractivity contribution in [3.8, 4) is 0 Å². The average molecular weight is 1590 g/mol. The van der Waals surface area contributed by atoms with Gasteiger partial charge in [-0.2, -0.15) is 127 Å². The molecule has 30 heteroatoms. The summed E-state index contributed by atoms with van der Waals surface area (Å²) in [5, 5.41) is 3.95. The minimum atomic E-state index is -6.13. The molecule has 1 aliphatic heterocycles. The summed E-state index contributed by atoms with van der Waals surface area (Å²) in [6, 6.07) is 21.8. The van der Waals surface area contributed by atoms with Crippen molar-refractivity contribution in [2.45, 2.75) is 95.0 Å². The molecule has 0 N–H and O–H groups in total. The van der Waals surface area contributed by atoms with Crippen LogP contribution in [0.2, 0.25) is 0 Å². The van der Waals surface area contributed by atoms with E-state index in [1.165, 1.54) is 56.6 Å². The number of hydrogen-bond donors (Lipinski definition) is 0. The Morgan fingerprint density at radius 1 is 0.396 bits per heavy atom. The molecule has 2 heterocycles. The van der Waals surface area contributed by atoms with Gasteiger partial charge in [0.05, 0.1) is 60.7 Å². The van der Waals surface area contributed by atoms with Gasteiger partial charge in [0.1, 0.15) is 12.8 Å². The predicted octanol–water partition coefficient (Wildman–Crippen LogP) is 19.3. The van der Waals surface area contributed by atoms with Gasteiger partial charge < -0.3 is 4.74 Å². The van der Waals surface area contributed by atoms with Crippen LogP contribution in [0.3, 0.4) is 0 Å². The molecule has 10 rings (SSSR count). The first kappa shape index (κ1) is 76.3. The molecule has 0 saturated carbocycles. The summed E-state index contributed by atoms with van der Waals surface area (Å²) in [5.41, 5.74) is -29.0. The fourth-order valence-corrected chi connectivity index (χ4v) is 15.1. The minimum Gasteiger partial charge on any atom is -0.475 e. The van der Waals surface area contributed by atoms with Gasteiger partial charge in [-0.15, -0.1) is 11.3 Å². The van der Waals surface area contributed by atoms with Crippen molar-refractivity contribution in [3.63, 3.8) is 0 Å². The number of aliphatic imine (C=N–C) groups is 1. The van der Waals surface area contributed by atoms with Crippen LogP contribution in [-0.2, 0) is 74.3 Å². The minimum absolute atomic E-state index is 0. The van der Waals surface area contributed by atoms with Crippen LogP contribution in [0.25, 0.3) is 10.1 Å². The number of fused-ring (bicyclic) bond motifs is 1. The summed E-state index contributed by atoms with van der Waals surface area (Å²) in [6.07, 6.45) is -40.8. The standard InChI is InChI=1S/C32H12BF24.C26H24NOPS.C8H12.Ir/c34-25(35,36)13-1-14(26(37,38)39)6-21(5-13)33(22-7-15(27(40,41)42)2-16(8-22)28(43,44)45,23-9-17(29(46,47)48)3-18(10-23)30(49,50)51)24-11-19(31(52,53)54)4-20(12-24)32(55,56)57;1-18(2)22-17-28-25(27-22)24-21-15-9-10-16-23(21)30-26(24)29(19-11-5-3-6-12-19)20-13-7-4-8-14-20;1-2-4-6-8-7-5-3-1;/h1-12H;3-16,18,22H,17H2,1-2H3;1-2,7-8H,3-6H2;/q-1;;;/b;;2-1-,8-7-;/t;22-;;/m.1../s1. The number of alkyl halides is 24. The van der Waals surface area contributed by atoms with Crippen molar-refractivity contribution in [1.82, 2.24) is 0 Å². The SMILES string of the molecule is C1=C\CC/C=C\CC/1.CC(C)[C@H]1COC(c2c(P(c3ccccc3)c3ccccc3)sc3ccccc23)=N1.FC(F)(F)c1cc([B-](c2cc(C(F)(F)F)cc(C(F)(F)F)c2)(c2cc(C(F)(F)F)cc(C(F)(F)F)c2)c2cc(C(F)(F)F)cc(C(F)(F)F)c2)cc(C(F)(F)F)c1.[Ir]. The summed E-state index contributed by atoms with van der Waals surface area (Å²) in [7, 11) is -0.702. The summed E-state index contributed by atoms with van der Waals surface area (Å²) < 4.78 is 350. The Morgan fingerprint density at radius 2 is 0.667 bits per heavy atom. The maximum atomic E-state index is 14.2. The van der Waals surface area contributed by atoms with Crippen LogP contribution < -0.4 is 37.1 Å². The number of nitrogens with zero attached hydrogens (tertiary/aromatic N) is 1. The average Bonchev–Trinajstić information content (AvgIpc) is 0.976. The monoisotopic (exact) mass is 1590 g/mol. The number of hydrogen-bond acceptors (Lipinski definition) is 3. The zero-order chi connectivity index (χ0) is 70.1. The van der Waals surface area contributed by atoms with E-state index in [0.717, 1.165) is 5.90 Å². The Morgan fingerprint density at radius 3 is 0.927 bits per heavy atom. The Balaban J connectivity index is 0.000000273. The van der Waals surface area contributed by atoms with Crippen molar-refractivity contribution in [2.24, 2.45) is 10.9 Å². The van der Waals surface area contributed by atoms with Crippen molar-refractivity contribution >= 4 is 78.5 Å². The van der Waals surface area contributed by atoms with Gasteiger partial charge in [-0.3, -0.25) is 0 Å². The molecule has 1 atom stereocenters. The van der Waals surface area contributed by atoms with Crippen molar-refractivity contribution in [3.05, 3.63) is 232 Å². The second-order valence-electron chi connectivity index (χ2n) is 22.2. The number of ether oxygens (including phenoxy) is 1. The molecule has 0 spiro atoms. The molecule has 2 nitrogen and oxygen atoms in total. The predicted molar refractivity (Wildman–Crippen MR) is 318 cm³/mol. The van der Waals surface area contributed by atoms with Crippen LogP contribution in [0.15, 0.2) is 187 Å². The van der Waals surface area contributed by atoms with Gasteiger partial charge in [-0.1, -0.05) is 166 Å². The van der Waals surface area contributed by atoms with E-state index < -0.39 is 203 Å². The van der Waals surface area contributed by atoms with Gasteiger partial charge in [0.2, 0.25) is 5.90 Å². The molecule has 0 unspecified atom stereocenters. The van der Waals surface area contributed by atoms with E-state index in [1.807, 2.05) is 11.3 Å². The molecular formula is C66H48BF24IrNOPS-. The molecule has 0 amide bonds. The van der Waals surface area contributed by atoms with E-state index >= 15 is 0 Å². The maximum absolute atomic E-state index is 14.2. The largest absolute Gasteiger partial charge is 0.475 e. The Bertz CT molecular complexity index is 3580. The molecule has 0 bridgehead atoms. The molecule has 2 aliphatic rings. The van der Waals surface area contributed by atoms with Gasteiger partial charge in [0, 0.05) is 30.2 Å². The van der Waals surface area contributed by atoms with Crippen molar-refractivity contribution in [1.29, 1.82) is 0 Å². The topological polar surface area (TPSA) is 21.6 Å². The fourth-order valence-electron chi connectivity index (χ4n) is 10.7. The molecule has 1 aromatic heterocycles. The van der Waals surface area contributed by atoms with Gasteiger partial charge in [0.15, 0.2) is 0 Å². The molecule has 7 aromatic carbocycles. The molecule has 1 aliphatic carbocycles. The smallest absolute Gasteiger partial charge is 0.416 e. The summed E-state index contributed by atoms with van der Waals surface area (Å²) in [4.78, 5) is 5.02. The van der Waals surface area contributed by atoms with Gasteiger partial charge >= 0.3 is 49.4 Å². The fraction of sp³-hybridized carbons (Fsp3) is 0.258. The normalized spacial score (nSPS) is 15.9.